The first-order chi connectivity index (χ1) is 16.3. The fourth-order valence-corrected chi connectivity index (χ4v) is 3.79. The molecule has 1 N–H and O–H groups in total. The number of nitriles is 1. The molecule has 9 heteroatoms. The van der Waals surface area contributed by atoms with E-state index in [2.05, 4.69) is 15.4 Å². The van der Waals surface area contributed by atoms with Crippen LogP contribution in [0.4, 0.5) is 5.69 Å². The van der Waals surface area contributed by atoms with Gasteiger partial charge in [0.2, 0.25) is 0 Å². The maximum Gasteiger partial charge on any atom is 0.339 e. The highest BCUT2D eigenvalue weighted by molar-refractivity contribution is 6.32. The van der Waals surface area contributed by atoms with Gasteiger partial charge in [0.05, 0.1) is 32.9 Å². The quantitative estimate of drug-likeness (QED) is 0.422. The molecule has 0 saturated heterocycles. The lowest BCUT2D eigenvalue weighted by Gasteiger charge is -2.15. The van der Waals surface area contributed by atoms with Crippen molar-refractivity contribution in [1.82, 2.24) is 14.8 Å². The van der Waals surface area contributed by atoms with Crippen molar-refractivity contribution in [2.45, 2.75) is 20.0 Å². The molecule has 0 radical (unpaired) electrons. The number of benzene rings is 2. The van der Waals surface area contributed by atoms with Gasteiger partial charge >= 0.3 is 5.97 Å². The third kappa shape index (κ3) is 4.47. The molecule has 34 heavy (non-hydrogen) atoms. The average molecular weight is 474 g/mol. The van der Waals surface area contributed by atoms with Gasteiger partial charge in [0.15, 0.2) is 11.8 Å². The topological polar surface area (TPSA) is 110 Å². The lowest BCUT2D eigenvalue weighted by Crippen LogP contribution is -2.30. The van der Waals surface area contributed by atoms with E-state index in [-0.39, 0.29) is 10.6 Å². The van der Waals surface area contributed by atoms with E-state index in [9.17, 15) is 9.59 Å². The van der Waals surface area contributed by atoms with E-state index >= 15 is 0 Å². The van der Waals surface area contributed by atoms with Crippen LogP contribution >= 0.6 is 11.6 Å². The Morgan fingerprint density at radius 1 is 1.18 bits per heavy atom. The molecule has 2 aromatic carbocycles. The number of ether oxygens (including phenoxy) is 1. The molecule has 2 aromatic heterocycles. The summed E-state index contributed by atoms with van der Waals surface area (Å²) in [6.45, 7) is 3.26. The van der Waals surface area contributed by atoms with Crippen LogP contribution in [0, 0.1) is 18.3 Å². The minimum atomic E-state index is -1.10. The summed E-state index contributed by atoms with van der Waals surface area (Å²) in [6, 6.07) is 17.6. The first-order valence-electron chi connectivity index (χ1n) is 10.4. The van der Waals surface area contributed by atoms with Crippen molar-refractivity contribution in [3.63, 3.8) is 0 Å². The summed E-state index contributed by atoms with van der Waals surface area (Å²) in [7, 11) is 1.75. The molecule has 0 fully saturated rings. The normalized spacial score (nSPS) is 11.6. The van der Waals surface area contributed by atoms with Crippen LogP contribution in [-0.4, -0.2) is 32.7 Å². The number of carbonyl (C=O) groups is 2. The van der Waals surface area contributed by atoms with Gasteiger partial charge in [-0.25, -0.2) is 9.78 Å². The number of esters is 1. The number of anilines is 1. The monoisotopic (exact) mass is 473 g/mol. The lowest BCUT2D eigenvalue weighted by molar-refractivity contribution is -0.123. The molecule has 1 atom stereocenters. The van der Waals surface area contributed by atoms with E-state index in [1.165, 1.54) is 19.1 Å². The molecule has 170 valence electrons. The number of amides is 1. The number of rotatable bonds is 5. The maximum absolute atomic E-state index is 13.2. The van der Waals surface area contributed by atoms with Crippen LogP contribution in [-0.2, 0) is 16.6 Å². The molecule has 0 aliphatic heterocycles. The number of aryl methyl sites for hydroxylation is 2. The number of hydrogen-bond donors (Lipinski definition) is 1. The Morgan fingerprint density at radius 2 is 1.91 bits per heavy atom. The molecule has 0 aliphatic carbocycles. The molecular weight excluding hydrogens is 454 g/mol. The van der Waals surface area contributed by atoms with E-state index in [1.807, 2.05) is 36.4 Å². The summed E-state index contributed by atoms with van der Waals surface area (Å²) < 4.78 is 7.12. The van der Waals surface area contributed by atoms with E-state index in [4.69, 9.17) is 21.6 Å². The highest BCUT2D eigenvalue weighted by Crippen LogP contribution is 2.28. The predicted octanol–water partition coefficient (Wildman–Crippen LogP) is 4.65. The molecule has 8 nitrogen and oxygen atoms in total. The Kier molecular flexibility index (Phi) is 6.30. The SMILES string of the molecule is Cc1nn(C)c2nc(-c3ccccc3)cc(C(=O)OC(C)C(=O)Nc3ccc(C#N)c(Cl)c3)c12. The van der Waals surface area contributed by atoms with Crippen molar-refractivity contribution in [2.75, 3.05) is 5.32 Å². The summed E-state index contributed by atoms with van der Waals surface area (Å²) in [6.07, 6.45) is -1.10. The lowest BCUT2D eigenvalue weighted by atomic mass is 10.1. The third-order valence-corrected chi connectivity index (χ3v) is 5.58. The summed E-state index contributed by atoms with van der Waals surface area (Å²) >= 11 is 6.02. The first kappa shape index (κ1) is 23.0. The highest BCUT2D eigenvalue weighted by Gasteiger charge is 2.24. The summed E-state index contributed by atoms with van der Waals surface area (Å²) in [4.78, 5) is 30.5. The first-order valence-corrected chi connectivity index (χ1v) is 10.8. The van der Waals surface area contributed by atoms with Crippen molar-refractivity contribution >= 4 is 40.2 Å². The molecule has 0 aliphatic rings. The Hall–Kier alpha value is -4.22. The molecule has 1 unspecified atom stereocenters. The van der Waals surface area contributed by atoms with E-state index < -0.39 is 18.0 Å². The summed E-state index contributed by atoms with van der Waals surface area (Å²) in [5.41, 5.74) is 3.54. The standard InChI is InChI=1S/C25H20ClN5O3/c1-14-22-19(12-21(16-7-5-4-6-8-16)29-23(22)31(3)30-14)25(33)34-15(2)24(32)28-18-10-9-17(13-27)20(26)11-18/h4-12,15H,1-3H3,(H,28,32). The minimum absolute atomic E-state index is 0.213. The number of nitrogens with zero attached hydrogens (tertiary/aromatic N) is 4. The molecule has 0 saturated carbocycles. The average Bonchev–Trinajstić information content (AvgIpc) is 3.12. The van der Waals surface area contributed by atoms with Crippen LogP contribution in [0.5, 0.6) is 0 Å². The smallest absolute Gasteiger partial charge is 0.339 e. The van der Waals surface area contributed by atoms with Crippen molar-refractivity contribution < 1.29 is 14.3 Å². The maximum atomic E-state index is 13.2. The fraction of sp³-hybridized carbons (Fsp3) is 0.160. The number of hydrogen-bond acceptors (Lipinski definition) is 6. The number of fused-ring (bicyclic) bond motifs is 1. The fourth-order valence-electron chi connectivity index (χ4n) is 3.57. The predicted molar refractivity (Wildman–Crippen MR) is 128 cm³/mol. The molecule has 4 rings (SSSR count). The van der Waals surface area contributed by atoms with Gasteiger partial charge < -0.3 is 10.1 Å². The van der Waals surface area contributed by atoms with Crippen molar-refractivity contribution in [3.05, 3.63) is 76.4 Å². The van der Waals surface area contributed by atoms with Gasteiger partial charge in [-0.1, -0.05) is 41.9 Å². The molecule has 0 bridgehead atoms. The molecule has 0 spiro atoms. The van der Waals surface area contributed by atoms with Gasteiger partial charge in [0, 0.05) is 18.3 Å². The van der Waals surface area contributed by atoms with Crippen LogP contribution < -0.4 is 5.32 Å². The molecular formula is C25H20ClN5O3. The van der Waals surface area contributed by atoms with Gasteiger partial charge in [-0.3, -0.25) is 9.48 Å². The highest BCUT2D eigenvalue weighted by atomic mass is 35.5. The third-order valence-electron chi connectivity index (χ3n) is 5.27. The van der Waals surface area contributed by atoms with Crippen LogP contribution in [0.1, 0.15) is 28.5 Å². The Morgan fingerprint density at radius 3 is 2.59 bits per heavy atom. The van der Waals surface area contributed by atoms with Gasteiger partial charge in [-0.15, -0.1) is 0 Å². The summed E-state index contributed by atoms with van der Waals surface area (Å²) in [5.74, 6) is -1.20. The zero-order chi connectivity index (χ0) is 24.4. The molecule has 1 amide bonds. The zero-order valence-electron chi connectivity index (χ0n) is 18.7. The van der Waals surface area contributed by atoms with Crippen molar-refractivity contribution in [2.24, 2.45) is 7.05 Å². The van der Waals surface area contributed by atoms with Crippen LogP contribution in [0.15, 0.2) is 54.6 Å². The Bertz CT molecular complexity index is 1460. The largest absolute Gasteiger partial charge is 0.449 e. The van der Waals surface area contributed by atoms with Crippen molar-refractivity contribution in [1.29, 1.82) is 5.26 Å². The minimum Gasteiger partial charge on any atom is -0.449 e. The Balaban J connectivity index is 1.61. The second kappa shape index (κ2) is 9.33. The number of aromatic nitrogens is 3. The number of nitrogens with one attached hydrogen (secondary N) is 1. The van der Waals surface area contributed by atoms with E-state index in [0.29, 0.717) is 33.7 Å². The summed E-state index contributed by atoms with van der Waals surface area (Å²) in [5, 5.41) is 16.8. The van der Waals surface area contributed by atoms with Gasteiger partial charge in [0.1, 0.15) is 6.07 Å². The number of halogens is 1. The van der Waals surface area contributed by atoms with Gasteiger partial charge in [0.25, 0.3) is 5.91 Å². The van der Waals surface area contributed by atoms with Crippen molar-refractivity contribution in [3.8, 4) is 17.3 Å². The van der Waals surface area contributed by atoms with Crippen LogP contribution in [0.2, 0.25) is 5.02 Å². The van der Waals surface area contributed by atoms with E-state index in [1.54, 1.807) is 30.8 Å². The number of pyridine rings is 1. The van der Waals surface area contributed by atoms with Gasteiger partial charge in [-0.2, -0.15) is 10.4 Å². The Labute approximate surface area is 200 Å². The zero-order valence-corrected chi connectivity index (χ0v) is 19.4. The van der Waals surface area contributed by atoms with Crippen LogP contribution in [0.3, 0.4) is 0 Å². The van der Waals surface area contributed by atoms with Gasteiger partial charge in [-0.05, 0) is 38.1 Å². The second-order valence-corrected chi connectivity index (χ2v) is 8.08. The molecule has 2 heterocycles. The van der Waals surface area contributed by atoms with Crippen LogP contribution in [0.25, 0.3) is 22.3 Å². The number of carbonyl (C=O) groups excluding carboxylic acids is 2. The second-order valence-electron chi connectivity index (χ2n) is 7.67. The molecule has 4 aromatic rings. The van der Waals surface area contributed by atoms with E-state index in [0.717, 1.165) is 5.56 Å².